The van der Waals surface area contributed by atoms with Gasteiger partial charge in [0.25, 0.3) is 0 Å². The largest absolute Gasteiger partial charge is 0.457 e. The van der Waals surface area contributed by atoms with E-state index in [1.165, 1.54) is 77.5 Å². The molecule has 8 aromatic rings. The number of ether oxygens (including phenoxy) is 1. The van der Waals surface area contributed by atoms with Gasteiger partial charge in [-0.25, -0.2) is 0 Å². The molecule has 234 valence electrons. The quantitative estimate of drug-likeness (QED) is 0.183. The Kier molecular flexibility index (Phi) is 5.51. The van der Waals surface area contributed by atoms with E-state index in [9.17, 15) is 0 Å². The lowest BCUT2D eigenvalue weighted by molar-refractivity contribution is 0.427. The summed E-state index contributed by atoms with van der Waals surface area (Å²) in [5.41, 5.74) is 16.0. The fourth-order valence-electron chi connectivity index (χ4n) is 9.70. The number of benzene rings is 8. The zero-order valence-corrected chi connectivity index (χ0v) is 27.7. The molecule has 1 aliphatic heterocycles. The molecule has 2 aliphatic carbocycles. The first kappa shape index (κ1) is 27.7. The van der Waals surface area contributed by atoms with E-state index in [1.54, 1.807) is 0 Å². The van der Waals surface area contributed by atoms with E-state index in [-0.39, 0.29) is 5.41 Å². The van der Waals surface area contributed by atoms with E-state index in [0.717, 1.165) is 17.1 Å². The lowest BCUT2D eigenvalue weighted by Gasteiger charge is -2.38. The molecule has 1 nitrogen and oxygen atoms in total. The van der Waals surface area contributed by atoms with Crippen molar-refractivity contribution in [3.63, 3.8) is 0 Å². The van der Waals surface area contributed by atoms with Crippen molar-refractivity contribution in [2.45, 2.75) is 17.8 Å². The van der Waals surface area contributed by atoms with Crippen LogP contribution in [-0.2, 0) is 10.8 Å². The second-order valence-electron chi connectivity index (χ2n) is 14.1. The Labute approximate surface area is 292 Å². The molecule has 0 aromatic heterocycles. The Morgan fingerprint density at radius 3 is 1.80 bits per heavy atom. The van der Waals surface area contributed by atoms with Crippen LogP contribution in [0.25, 0.3) is 44.2 Å². The van der Waals surface area contributed by atoms with Crippen LogP contribution >= 0.6 is 0 Å². The van der Waals surface area contributed by atoms with Gasteiger partial charge in [-0.15, -0.1) is 0 Å². The Hall–Kier alpha value is -6.18. The van der Waals surface area contributed by atoms with E-state index in [2.05, 4.69) is 183 Å². The fraction of sp³-hybridized carbons (Fsp3) is 0.0612. The highest BCUT2D eigenvalue weighted by Gasteiger charge is 2.52. The second-order valence-corrected chi connectivity index (χ2v) is 14.1. The van der Waals surface area contributed by atoms with Crippen molar-refractivity contribution < 1.29 is 4.74 Å². The highest BCUT2D eigenvalue weighted by atomic mass is 16.5. The summed E-state index contributed by atoms with van der Waals surface area (Å²) in [5, 5.41) is 2.58. The van der Waals surface area contributed by atoms with Crippen LogP contribution in [0.3, 0.4) is 0 Å². The average Bonchev–Trinajstić information content (AvgIpc) is 3.66. The van der Waals surface area contributed by atoms with Gasteiger partial charge in [-0.05, 0) is 91.0 Å². The molecule has 0 saturated carbocycles. The Balaban J connectivity index is 1.17. The maximum atomic E-state index is 6.77. The summed E-state index contributed by atoms with van der Waals surface area (Å²) >= 11 is 0. The molecule has 3 aliphatic rings. The summed E-state index contributed by atoms with van der Waals surface area (Å²) in [4.78, 5) is 0. The van der Waals surface area contributed by atoms with Crippen LogP contribution in [0.1, 0.15) is 45.9 Å². The maximum absolute atomic E-state index is 6.77. The van der Waals surface area contributed by atoms with E-state index >= 15 is 0 Å². The molecule has 1 heterocycles. The molecule has 8 aromatic carbocycles. The fourth-order valence-corrected chi connectivity index (χ4v) is 9.70. The van der Waals surface area contributed by atoms with Crippen molar-refractivity contribution in [1.82, 2.24) is 0 Å². The molecule has 2 atom stereocenters. The van der Waals surface area contributed by atoms with Gasteiger partial charge < -0.3 is 4.74 Å². The number of para-hydroxylation sites is 1. The summed E-state index contributed by atoms with van der Waals surface area (Å²) in [7, 11) is 0. The van der Waals surface area contributed by atoms with Gasteiger partial charge in [0, 0.05) is 16.5 Å². The third-order valence-electron chi connectivity index (χ3n) is 11.8. The van der Waals surface area contributed by atoms with Crippen LogP contribution in [-0.4, -0.2) is 0 Å². The number of hydrogen-bond acceptors (Lipinski definition) is 1. The van der Waals surface area contributed by atoms with Crippen molar-refractivity contribution in [3.05, 3.63) is 215 Å². The van der Waals surface area contributed by atoms with Gasteiger partial charge in [0.05, 0.1) is 5.41 Å². The Morgan fingerprint density at radius 2 is 0.980 bits per heavy atom. The first-order valence-electron chi connectivity index (χ1n) is 17.5. The van der Waals surface area contributed by atoms with Crippen LogP contribution in [0.15, 0.2) is 176 Å². The predicted molar refractivity (Wildman–Crippen MR) is 204 cm³/mol. The number of rotatable bonds is 2. The topological polar surface area (TPSA) is 9.23 Å². The van der Waals surface area contributed by atoms with Gasteiger partial charge in [-0.3, -0.25) is 0 Å². The first-order chi connectivity index (χ1) is 24.7. The molecule has 1 spiro atoms. The minimum Gasteiger partial charge on any atom is -0.457 e. The first-order valence-corrected chi connectivity index (χ1v) is 17.5. The molecule has 0 fully saturated rings. The zero-order chi connectivity index (χ0) is 33.0. The third-order valence-corrected chi connectivity index (χ3v) is 11.8. The summed E-state index contributed by atoms with van der Waals surface area (Å²) in [6.07, 6.45) is 0. The molecule has 1 heteroatoms. The number of fused-ring (bicyclic) bond motifs is 14. The summed E-state index contributed by atoms with van der Waals surface area (Å²) in [5.74, 6) is 1.83. The van der Waals surface area contributed by atoms with E-state index in [1.807, 2.05) is 0 Å². The summed E-state index contributed by atoms with van der Waals surface area (Å²) in [6.45, 7) is 2.33. The van der Waals surface area contributed by atoms with Gasteiger partial charge in [-0.1, -0.05) is 164 Å². The van der Waals surface area contributed by atoms with Crippen molar-refractivity contribution in [3.8, 4) is 44.9 Å². The summed E-state index contributed by atoms with van der Waals surface area (Å²) in [6, 6.07) is 64.9. The van der Waals surface area contributed by atoms with Gasteiger partial charge in [0.1, 0.15) is 11.5 Å². The average molecular weight is 637 g/mol. The van der Waals surface area contributed by atoms with Crippen LogP contribution in [0, 0.1) is 0 Å². The van der Waals surface area contributed by atoms with Crippen molar-refractivity contribution in [2.75, 3.05) is 0 Å². The molecule has 0 saturated heterocycles. The Bertz CT molecular complexity index is 2700. The lowest BCUT2D eigenvalue weighted by Crippen LogP contribution is -2.29. The highest BCUT2D eigenvalue weighted by molar-refractivity contribution is 6.07. The molecular formula is C49H32O. The second kappa shape index (κ2) is 9.94. The minimum atomic E-state index is -0.409. The minimum absolute atomic E-state index is 0.348. The van der Waals surface area contributed by atoms with Crippen molar-refractivity contribution in [2.24, 2.45) is 0 Å². The van der Waals surface area contributed by atoms with Crippen LogP contribution in [0.4, 0.5) is 0 Å². The monoisotopic (exact) mass is 636 g/mol. The van der Waals surface area contributed by atoms with Crippen molar-refractivity contribution >= 4 is 10.8 Å². The number of hydrogen-bond donors (Lipinski definition) is 0. The van der Waals surface area contributed by atoms with Crippen LogP contribution in [0.2, 0.25) is 0 Å². The van der Waals surface area contributed by atoms with E-state index in [4.69, 9.17) is 4.74 Å². The van der Waals surface area contributed by atoms with Gasteiger partial charge >= 0.3 is 0 Å². The molecule has 50 heavy (non-hydrogen) atoms. The normalized spacial score (nSPS) is 18.8. The standard InChI is InChI=1S/C49H32O/c1-48(33-15-3-2-4-16-33)40-23-11-12-25-44(40)50-45-30-32(27-28-41(45)48)35-20-13-24-42-47(35)37-19-8-10-22-39(37)49(42)38-21-9-7-18-36(38)46-34-17-6-5-14-31(34)26-29-43(46)49/h2-30H,1H3. The van der Waals surface area contributed by atoms with Gasteiger partial charge in [-0.2, -0.15) is 0 Å². The van der Waals surface area contributed by atoms with Crippen molar-refractivity contribution in [1.29, 1.82) is 0 Å². The predicted octanol–water partition coefficient (Wildman–Crippen LogP) is 12.3. The third kappa shape index (κ3) is 3.37. The smallest absolute Gasteiger partial charge is 0.132 e. The molecule has 0 N–H and O–H groups in total. The molecular weight excluding hydrogens is 605 g/mol. The zero-order valence-electron chi connectivity index (χ0n) is 27.7. The molecule has 0 radical (unpaired) electrons. The highest BCUT2D eigenvalue weighted by Crippen LogP contribution is 2.65. The molecule has 11 rings (SSSR count). The van der Waals surface area contributed by atoms with Crippen LogP contribution in [0.5, 0.6) is 11.5 Å². The van der Waals surface area contributed by atoms with E-state index < -0.39 is 5.41 Å². The molecule has 0 bridgehead atoms. The maximum Gasteiger partial charge on any atom is 0.132 e. The van der Waals surface area contributed by atoms with Crippen LogP contribution < -0.4 is 4.74 Å². The lowest BCUT2D eigenvalue weighted by atomic mass is 9.69. The Morgan fingerprint density at radius 1 is 0.400 bits per heavy atom. The molecule has 2 unspecified atom stereocenters. The SMILES string of the molecule is CC1(c2ccccc2)c2ccccc2Oc2cc(-c3cccc4c3-c3ccccc3C43c4ccccc4-c4c3ccc3ccccc43)ccc21. The summed E-state index contributed by atoms with van der Waals surface area (Å²) < 4.78 is 6.77. The van der Waals surface area contributed by atoms with Gasteiger partial charge in [0.2, 0.25) is 0 Å². The van der Waals surface area contributed by atoms with E-state index in [0.29, 0.717) is 0 Å². The van der Waals surface area contributed by atoms with Gasteiger partial charge in [0.15, 0.2) is 0 Å². The molecule has 0 amide bonds.